The van der Waals surface area contributed by atoms with E-state index in [0.29, 0.717) is 6.54 Å². The average molecular weight is 132 g/mol. The molecule has 1 radical (unpaired) electrons. The molecule has 2 heterocycles. The summed E-state index contributed by atoms with van der Waals surface area (Å²) in [5, 5.41) is 4.06. The molecule has 1 aromatic rings. The third-order valence-corrected chi connectivity index (χ3v) is 1.42. The molecule has 0 unspecified atom stereocenters. The Kier molecular flexibility index (Phi) is 1.13. The molecule has 0 saturated heterocycles. The van der Waals surface area contributed by atoms with Gasteiger partial charge in [0, 0.05) is 18.0 Å². The summed E-state index contributed by atoms with van der Waals surface area (Å²) < 4.78 is 0. The zero-order chi connectivity index (χ0) is 6.81. The minimum atomic E-state index is 0.715. The van der Waals surface area contributed by atoms with Gasteiger partial charge in [-0.1, -0.05) is 0 Å². The van der Waals surface area contributed by atoms with Crippen molar-refractivity contribution < 1.29 is 0 Å². The Balaban J connectivity index is 2.54. The lowest BCUT2D eigenvalue weighted by Crippen LogP contribution is -2.05. The van der Waals surface area contributed by atoms with Gasteiger partial charge in [0.05, 0.1) is 12.2 Å². The van der Waals surface area contributed by atoms with Crippen LogP contribution in [0.1, 0.15) is 11.3 Å². The van der Waals surface area contributed by atoms with Gasteiger partial charge in [0.2, 0.25) is 0 Å². The van der Waals surface area contributed by atoms with Crippen molar-refractivity contribution in [1.29, 1.82) is 0 Å². The molecule has 1 aliphatic heterocycles. The second-order valence-corrected chi connectivity index (χ2v) is 2.09. The second kappa shape index (κ2) is 2.10. The number of hydrogen-bond acceptors (Lipinski definition) is 2. The SMILES string of the molecule is C1=Cc2ncncc2C[N]1. The fourth-order valence-corrected chi connectivity index (χ4v) is 0.914. The van der Waals surface area contributed by atoms with Crippen LogP contribution >= 0.6 is 0 Å². The predicted octanol–water partition coefficient (Wildman–Crippen LogP) is 0.565. The van der Waals surface area contributed by atoms with Crippen LogP contribution in [-0.4, -0.2) is 9.97 Å². The maximum absolute atomic E-state index is 4.06. The lowest BCUT2D eigenvalue weighted by molar-refractivity contribution is 0.822. The van der Waals surface area contributed by atoms with E-state index in [1.54, 1.807) is 18.7 Å². The lowest BCUT2D eigenvalue weighted by Gasteiger charge is -2.06. The van der Waals surface area contributed by atoms with Gasteiger partial charge in [0.25, 0.3) is 0 Å². The maximum atomic E-state index is 4.06. The fraction of sp³-hybridized carbons (Fsp3) is 0.143. The van der Waals surface area contributed by atoms with Crippen molar-refractivity contribution >= 4 is 6.08 Å². The summed E-state index contributed by atoms with van der Waals surface area (Å²) in [6.45, 7) is 0.715. The van der Waals surface area contributed by atoms with Crippen LogP contribution in [0.3, 0.4) is 0 Å². The van der Waals surface area contributed by atoms with Crippen LogP contribution in [-0.2, 0) is 6.54 Å². The van der Waals surface area contributed by atoms with Crippen LogP contribution in [0.4, 0.5) is 0 Å². The summed E-state index contributed by atoms with van der Waals surface area (Å²) in [6, 6.07) is 0. The molecule has 1 aliphatic rings. The average Bonchev–Trinajstić information content (AvgIpc) is 2.05. The van der Waals surface area contributed by atoms with E-state index in [-0.39, 0.29) is 0 Å². The lowest BCUT2D eigenvalue weighted by atomic mass is 10.2. The van der Waals surface area contributed by atoms with Gasteiger partial charge >= 0.3 is 0 Å². The Morgan fingerprint density at radius 2 is 2.40 bits per heavy atom. The predicted molar refractivity (Wildman–Crippen MR) is 36.9 cm³/mol. The standard InChI is InChI=1S/C7H6N3/c1-2-8-3-6-4-9-5-10-7(1)6/h1-2,4-5H,3H2. The van der Waals surface area contributed by atoms with Crippen molar-refractivity contribution in [3.63, 3.8) is 0 Å². The van der Waals surface area contributed by atoms with E-state index >= 15 is 0 Å². The molecule has 0 aliphatic carbocycles. The molecule has 0 fully saturated rings. The Labute approximate surface area is 58.8 Å². The van der Waals surface area contributed by atoms with E-state index < -0.39 is 0 Å². The summed E-state index contributed by atoms with van der Waals surface area (Å²) in [6.07, 6.45) is 7.01. The summed E-state index contributed by atoms with van der Waals surface area (Å²) in [4.78, 5) is 7.95. The third-order valence-electron chi connectivity index (χ3n) is 1.42. The van der Waals surface area contributed by atoms with Crippen molar-refractivity contribution in [2.75, 3.05) is 0 Å². The molecule has 0 saturated carbocycles. The molecule has 0 bridgehead atoms. The van der Waals surface area contributed by atoms with Crippen LogP contribution < -0.4 is 5.32 Å². The molecule has 49 valence electrons. The molecule has 3 nitrogen and oxygen atoms in total. The van der Waals surface area contributed by atoms with Crippen molar-refractivity contribution in [2.24, 2.45) is 0 Å². The Hall–Kier alpha value is -1.38. The topological polar surface area (TPSA) is 39.9 Å². The summed E-state index contributed by atoms with van der Waals surface area (Å²) in [7, 11) is 0. The van der Waals surface area contributed by atoms with Gasteiger partial charge < -0.3 is 0 Å². The zero-order valence-electron chi connectivity index (χ0n) is 5.36. The number of nitrogens with zero attached hydrogens (tertiary/aromatic N) is 3. The monoisotopic (exact) mass is 132 g/mol. The molecule has 0 spiro atoms. The Morgan fingerprint density at radius 1 is 1.40 bits per heavy atom. The highest BCUT2D eigenvalue weighted by Crippen LogP contribution is 2.09. The van der Waals surface area contributed by atoms with Crippen LogP contribution in [0.15, 0.2) is 18.7 Å². The fourth-order valence-electron chi connectivity index (χ4n) is 0.914. The van der Waals surface area contributed by atoms with Crippen molar-refractivity contribution in [1.82, 2.24) is 15.3 Å². The Morgan fingerprint density at radius 3 is 3.30 bits per heavy atom. The molecule has 3 heteroatoms. The van der Waals surface area contributed by atoms with Gasteiger partial charge in [-0.05, 0) is 6.08 Å². The quantitative estimate of drug-likeness (QED) is 0.517. The maximum Gasteiger partial charge on any atom is 0.116 e. The molecule has 1 aromatic heterocycles. The first kappa shape index (κ1) is 5.41. The van der Waals surface area contributed by atoms with Gasteiger partial charge in [-0.2, -0.15) is 0 Å². The number of fused-ring (bicyclic) bond motifs is 1. The van der Waals surface area contributed by atoms with E-state index in [2.05, 4.69) is 15.3 Å². The van der Waals surface area contributed by atoms with Gasteiger partial charge in [0.15, 0.2) is 0 Å². The first-order valence-electron chi connectivity index (χ1n) is 3.09. The van der Waals surface area contributed by atoms with Crippen molar-refractivity contribution in [3.05, 3.63) is 30.0 Å². The molecule has 0 N–H and O–H groups in total. The summed E-state index contributed by atoms with van der Waals surface area (Å²) >= 11 is 0. The minimum Gasteiger partial charge on any atom is -0.288 e. The summed E-state index contributed by atoms with van der Waals surface area (Å²) in [5.41, 5.74) is 2.09. The number of rotatable bonds is 0. The van der Waals surface area contributed by atoms with E-state index in [1.165, 1.54) is 0 Å². The zero-order valence-corrected chi connectivity index (χ0v) is 5.36. The minimum absolute atomic E-state index is 0.715. The third kappa shape index (κ3) is 0.757. The van der Waals surface area contributed by atoms with Crippen molar-refractivity contribution in [2.45, 2.75) is 6.54 Å². The number of hydrogen-bond donors (Lipinski definition) is 0. The van der Waals surface area contributed by atoms with Gasteiger partial charge in [-0.25, -0.2) is 9.97 Å². The number of aromatic nitrogens is 2. The molecule has 0 atom stereocenters. The highest BCUT2D eigenvalue weighted by Gasteiger charge is 2.03. The molecule has 0 amide bonds. The second-order valence-electron chi connectivity index (χ2n) is 2.09. The van der Waals surface area contributed by atoms with Crippen LogP contribution in [0.25, 0.3) is 6.08 Å². The van der Waals surface area contributed by atoms with E-state index in [1.807, 2.05) is 6.08 Å². The van der Waals surface area contributed by atoms with Crippen LogP contribution in [0.2, 0.25) is 0 Å². The normalized spacial score (nSPS) is 14.0. The van der Waals surface area contributed by atoms with E-state index in [0.717, 1.165) is 11.3 Å². The van der Waals surface area contributed by atoms with Crippen molar-refractivity contribution in [3.8, 4) is 0 Å². The molecular weight excluding hydrogens is 126 g/mol. The van der Waals surface area contributed by atoms with Gasteiger partial charge in [-0.15, -0.1) is 0 Å². The smallest absolute Gasteiger partial charge is 0.116 e. The van der Waals surface area contributed by atoms with Crippen LogP contribution in [0.5, 0.6) is 0 Å². The molecule has 2 rings (SSSR count). The summed E-state index contributed by atoms with van der Waals surface area (Å²) in [5.74, 6) is 0. The van der Waals surface area contributed by atoms with Gasteiger partial charge in [-0.3, -0.25) is 5.32 Å². The van der Waals surface area contributed by atoms with Gasteiger partial charge in [0.1, 0.15) is 6.33 Å². The molecule has 0 aromatic carbocycles. The van der Waals surface area contributed by atoms with E-state index in [4.69, 9.17) is 0 Å². The Bertz CT molecular complexity index is 267. The largest absolute Gasteiger partial charge is 0.288 e. The first-order valence-corrected chi connectivity index (χ1v) is 3.09. The van der Waals surface area contributed by atoms with E-state index in [9.17, 15) is 0 Å². The first-order chi connectivity index (χ1) is 4.97. The molecule has 10 heavy (non-hydrogen) atoms. The molecular formula is C7H6N3. The van der Waals surface area contributed by atoms with Crippen LogP contribution in [0, 0.1) is 0 Å². The highest BCUT2D eigenvalue weighted by molar-refractivity contribution is 5.49. The highest BCUT2D eigenvalue weighted by atomic mass is 14.9.